The lowest BCUT2D eigenvalue weighted by Crippen LogP contribution is -2.46. The summed E-state index contributed by atoms with van der Waals surface area (Å²) in [5.41, 5.74) is 1.16. The molecule has 1 saturated heterocycles. The van der Waals surface area contributed by atoms with Crippen molar-refractivity contribution in [1.82, 2.24) is 15.5 Å². The van der Waals surface area contributed by atoms with E-state index >= 15 is 0 Å². The van der Waals surface area contributed by atoms with E-state index in [4.69, 9.17) is 9.47 Å². The molecule has 0 aromatic heterocycles. The molecule has 29 heavy (non-hydrogen) atoms. The lowest BCUT2D eigenvalue weighted by molar-refractivity contribution is 0.200. The number of aliphatic imine (C=N–C) groups is 1. The first-order valence-corrected chi connectivity index (χ1v) is 11.0. The maximum Gasteiger partial charge on any atom is 0.191 e. The smallest absolute Gasteiger partial charge is 0.191 e. The van der Waals surface area contributed by atoms with E-state index in [9.17, 15) is 0 Å². The number of guanidine groups is 1. The van der Waals surface area contributed by atoms with Crippen molar-refractivity contribution in [2.24, 2.45) is 10.9 Å². The molecule has 2 aliphatic rings. The first-order valence-electron chi connectivity index (χ1n) is 11.0. The van der Waals surface area contributed by atoms with Gasteiger partial charge in [0.1, 0.15) is 0 Å². The van der Waals surface area contributed by atoms with Gasteiger partial charge in [-0.1, -0.05) is 13.0 Å². The molecular formula is C23H38N4O2. The zero-order valence-electron chi connectivity index (χ0n) is 18.7. The molecule has 3 rings (SSSR count). The Bertz CT molecular complexity index is 685. The quantitative estimate of drug-likeness (QED) is 0.541. The van der Waals surface area contributed by atoms with Crippen LogP contribution in [0.5, 0.6) is 11.5 Å². The highest BCUT2D eigenvalue weighted by atomic mass is 16.5. The zero-order chi connectivity index (χ0) is 20.8. The molecule has 2 fully saturated rings. The van der Waals surface area contributed by atoms with Gasteiger partial charge >= 0.3 is 0 Å². The Morgan fingerprint density at radius 1 is 1.21 bits per heavy atom. The van der Waals surface area contributed by atoms with Crippen molar-refractivity contribution in [3.05, 3.63) is 23.8 Å². The lowest BCUT2D eigenvalue weighted by atomic mass is 10.1. The fourth-order valence-electron chi connectivity index (χ4n) is 4.28. The second-order valence-corrected chi connectivity index (χ2v) is 8.71. The normalized spacial score (nSPS) is 23.6. The van der Waals surface area contributed by atoms with E-state index < -0.39 is 0 Å². The van der Waals surface area contributed by atoms with Gasteiger partial charge in [0, 0.05) is 38.8 Å². The molecule has 1 saturated carbocycles. The first kappa shape index (κ1) is 21.8. The molecule has 1 aliphatic heterocycles. The summed E-state index contributed by atoms with van der Waals surface area (Å²) in [7, 11) is 3.53. The van der Waals surface area contributed by atoms with E-state index in [1.54, 1.807) is 7.11 Å². The van der Waals surface area contributed by atoms with Crippen molar-refractivity contribution in [2.75, 3.05) is 27.2 Å². The second-order valence-electron chi connectivity index (χ2n) is 8.71. The summed E-state index contributed by atoms with van der Waals surface area (Å²) in [6.45, 7) is 9.71. The molecule has 2 unspecified atom stereocenters. The minimum Gasteiger partial charge on any atom is -0.493 e. The zero-order valence-corrected chi connectivity index (χ0v) is 18.7. The number of hydrogen-bond acceptors (Lipinski definition) is 4. The van der Waals surface area contributed by atoms with E-state index in [1.165, 1.54) is 12.8 Å². The van der Waals surface area contributed by atoms with E-state index in [1.807, 2.05) is 13.1 Å². The van der Waals surface area contributed by atoms with Crippen molar-refractivity contribution in [1.29, 1.82) is 0 Å². The summed E-state index contributed by atoms with van der Waals surface area (Å²) in [4.78, 5) is 6.95. The molecule has 2 atom stereocenters. The third-order valence-electron chi connectivity index (χ3n) is 6.20. The van der Waals surface area contributed by atoms with Gasteiger partial charge < -0.3 is 20.1 Å². The van der Waals surface area contributed by atoms with Gasteiger partial charge in [-0.3, -0.25) is 9.89 Å². The number of likely N-dealkylation sites (tertiary alicyclic amines) is 1. The van der Waals surface area contributed by atoms with Crippen LogP contribution in [0.1, 0.15) is 52.0 Å². The summed E-state index contributed by atoms with van der Waals surface area (Å²) >= 11 is 0. The van der Waals surface area contributed by atoms with E-state index in [0.29, 0.717) is 30.7 Å². The molecule has 6 heteroatoms. The monoisotopic (exact) mass is 402 g/mol. The number of ether oxygens (including phenoxy) is 2. The summed E-state index contributed by atoms with van der Waals surface area (Å²) in [5.74, 6) is 3.10. The largest absolute Gasteiger partial charge is 0.493 e. The Labute approximate surface area is 176 Å². The van der Waals surface area contributed by atoms with E-state index in [-0.39, 0.29) is 0 Å². The Balaban J connectivity index is 1.57. The number of hydrogen-bond donors (Lipinski definition) is 2. The maximum absolute atomic E-state index is 6.22. The summed E-state index contributed by atoms with van der Waals surface area (Å²) in [6, 6.07) is 7.17. The average molecular weight is 403 g/mol. The second kappa shape index (κ2) is 10.2. The van der Waals surface area contributed by atoms with Gasteiger partial charge in [0.15, 0.2) is 17.5 Å². The maximum atomic E-state index is 6.22. The molecular weight excluding hydrogens is 364 g/mol. The Morgan fingerprint density at radius 3 is 2.59 bits per heavy atom. The third-order valence-corrected chi connectivity index (χ3v) is 6.20. The summed E-state index contributed by atoms with van der Waals surface area (Å²) in [6.07, 6.45) is 5.09. The van der Waals surface area contributed by atoms with Crippen LogP contribution in [-0.4, -0.2) is 56.3 Å². The van der Waals surface area contributed by atoms with Crippen LogP contribution in [0.2, 0.25) is 0 Å². The molecule has 1 aromatic carbocycles. The molecule has 1 aliphatic carbocycles. The van der Waals surface area contributed by atoms with Gasteiger partial charge in [-0.05, 0) is 63.1 Å². The van der Waals surface area contributed by atoms with Gasteiger partial charge in [0.25, 0.3) is 0 Å². The predicted octanol–water partition coefficient (Wildman–Crippen LogP) is 3.41. The number of nitrogens with one attached hydrogen (secondary N) is 2. The van der Waals surface area contributed by atoms with Crippen LogP contribution >= 0.6 is 0 Å². The van der Waals surface area contributed by atoms with Crippen LogP contribution in [0.25, 0.3) is 0 Å². The third kappa shape index (κ3) is 5.78. The van der Waals surface area contributed by atoms with Crippen LogP contribution in [0.3, 0.4) is 0 Å². The molecule has 0 bridgehead atoms. The van der Waals surface area contributed by atoms with Gasteiger partial charge in [-0.2, -0.15) is 0 Å². The lowest BCUT2D eigenvalue weighted by Gasteiger charge is -2.22. The highest BCUT2D eigenvalue weighted by molar-refractivity contribution is 5.80. The van der Waals surface area contributed by atoms with Gasteiger partial charge in [0.2, 0.25) is 0 Å². The molecule has 2 N–H and O–H groups in total. The number of methoxy groups -OCH3 is 1. The van der Waals surface area contributed by atoms with Crippen LogP contribution in [0, 0.1) is 5.92 Å². The van der Waals surface area contributed by atoms with Crippen molar-refractivity contribution in [2.45, 2.75) is 71.2 Å². The van der Waals surface area contributed by atoms with E-state index in [2.05, 4.69) is 53.4 Å². The molecule has 0 amide bonds. The van der Waals surface area contributed by atoms with Gasteiger partial charge in [-0.25, -0.2) is 0 Å². The predicted molar refractivity (Wildman–Crippen MR) is 119 cm³/mol. The van der Waals surface area contributed by atoms with Gasteiger partial charge in [0.05, 0.1) is 13.2 Å². The fourth-order valence-corrected chi connectivity index (χ4v) is 4.28. The topological polar surface area (TPSA) is 58.1 Å². The number of rotatable bonds is 7. The first-order chi connectivity index (χ1) is 14.0. The SMILES string of the molecule is CN=C(NCc1ccc(OC)c(OC2CCCC2)c1)NC1CN(C(C)C)CC1C. The number of benzene rings is 1. The molecule has 0 radical (unpaired) electrons. The molecule has 0 spiro atoms. The molecule has 162 valence electrons. The Hall–Kier alpha value is -1.95. The van der Waals surface area contributed by atoms with Crippen LogP contribution in [-0.2, 0) is 6.54 Å². The van der Waals surface area contributed by atoms with Crippen molar-refractivity contribution < 1.29 is 9.47 Å². The standard InChI is InChI=1S/C23H38N4O2/c1-16(2)27-14-17(3)20(15-27)26-23(24-4)25-13-18-10-11-21(28-5)22(12-18)29-19-8-6-7-9-19/h10-12,16-17,19-20H,6-9,13-15H2,1-5H3,(H2,24,25,26). The molecule has 1 aromatic rings. The Kier molecular flexibility index (Phi) is 7.64. The van der Waals surface area contributed by atoms with Crippen LogP contribution in [0.4, 0.5) is 0 Å². The van der Waals surface area contributed by atoms with Gasteiger partial charge in [-0.15, -0.1) is 0 Å². The van der Waals surface area contributed by atoms with Crippen molar-refractivity contribution in [3.63, 3.8) is 0 Å². The highest BCUT2D eigenvalue weighted by Gasteiger charge is 2.31. The number of nitrogens with zero attached hydrogens (tertiary/aromatic N) is 2. The Morgan fingerprint density at radius 2 is 1.97 bits per heavy atom. The molecule has 6 nitrogen and oxygen atoms in total. The minimum atomic E-state index is 0.314. The minimum absolute atomic E-state index is 0.314. The summed E-state index contributed by atoms with van der Waals surface area (Å²) < 4.78 is 11.7. The van der Waals surface area contributed by atoms with Crippen LogP contribution < -0.4 is 20.1 Å². The van der Waals surface area contributed by atoms with Crippen molar-refractivity contribution >= 4 is 5.96 Å². The van der Waals surface area contributed by atoms with Crippen molar-refractivity contribution in [3.8, 4) is 11.5 Å². The fraction of sp³-hybridized carbons (Fsp3) is 0.696. The summed E-state index contributed by atoms with van der Waals surface area (Å²) in [5, 5.41) is 7.07. The highest BCUT2D eigenvalue weighted by Crippen LogP contribution is 2.32. The van der Waals surface area contributed by atoms with E-state index in [0.717, 1.165) is 49.0 Å². The molecule has 1 heterocycles. The average Bonchev–Trinajstić information content (AvgIpc) is 3.35. The van der Waals surface area contributed by atoms with Crippen LogP contribution in [0.15, 0.2) is 23.2 Å².